The Morgan fingerprint density at radius 2 is 1.86 bits per heavy atom. The van der Waals surface area contributed by atoms with E-state index in [-0.39, 0.29) is 11.4 Å². The van der Waals surface area contributed by atoms with Crippen LogP contribution in [-0.4, -0.2) is 35.6 Å². The maximum Gasteiger partial charge on any atom is 0.294 e. The SMILES string of the molecule is COc1cc(/C=C2/SC(=O)N(CC(=O)Nc3ccc(C)cc3)C2=O)ccc1C. The highest BCUT2D eigenvalue weighted by atomic mass is 32.2. The van der Waals surface area contributed by atoms with E-state index in [0.29, 0.717) is 11.4 Å². The van der Waals surface area contributed by atoms with E-state index in [1.807, 2.05) is 38.1 Å². The zero-order valence-electron chi connectivity index (χ0n) is 15.8. The number of benzene rings is 2. The van der Waals surface area contributed by atoms with Crippen LogP contribution in [0.5, 0.6) is 5.75 Å². The molecule has 7 heteroatoms. The van der Waals surface area contributed by atoms with Crippen LogP contribution in [0.4, 0.5) is 10.5 Å². The summed E-state index contributed by atoms with van der Waals surface area (Å²) in [6, 6.07) is 12.8. The van der Waals surface area contributed by atoms with E-state index >= 15 is 0 Å². The Hall–Kier alpha value is -3.06. The lowest BCUT2D eigenvalue weighted by atomic mass is 10.1. The van der Waals surface area contributed by atoms with Gasteiger partial charge in [-0.3, -0.25) is 19.3 Å². The van der Waals surface area contributed by atoms with Gasteiger partial charge in [-0.25, -0.2) is 0 Å². The molecule has 28 heavy (non-hydrogen) atoms. The predicted octanol–water partition coefficient (Wildman–Crippen LogP) is 3.99. The van der Waals surface area contributed by atoms with Gasteiger partial charge in [0.1, 0.15) is 12.3 Å². The summed E-state index contributed by atoms with van der Waals surface area (Å²) in [7, 11) is 1.58. The molecule has 1 N–H and O–H groups in total. The molecule has 1 fully saturated rings. The summed E-state index contributed by atoms with van der Waals surface area (Å²) in [6.45, 7) is 3.54. The van der Waals surface area contributed by atoms with Crippen LogP contribution in [0.2, 0.25) is 0 Å². The fraction of sp³-hybridized carbons (Fsp3) is 0.190. The first-order chi connectivity index (χ1) is 13.4. The highest BCUT2D eigenvalue weighted by molar-refractivity contribution is 8.18. The number of carbonyl (C=O) groups excluding carboxylic acids is 3. The van der Waals surface area contributed by atoms with E-state index in [1.54, 1.807) is 31.4 Å². The second-order valence-corrected chi connectivity index (χ2v) is 7.40. The van der Waals surface area contributed by atoms with Crippen molar-refractivity contribution < 1.29 is 19.1 Å². The molecular weight excluding hydrogens is 376 g/mol. The first-order valence-corrected chi connectivity index (χ1v) is 9.45. The number of ether oxygens (including phenoxy) is 1. The van der Waals surface area contributed by atoms with Gasteiger partial charge in [0.2, 0.25) is 5.91 Å². The minimum absolute atomic E-state index is 0.277. The fourth-order valence-electron chi connectivity index (χ4n) is 2.70. The van der Waals surface area contributed by atoms with Gasteiger partial charge in [-0.1, -0.05) is 29.8 Å². The number of methoxy groups -OCH3 is 1. The number of thioether (sulfide) groups is 1. The van der Waals surface area contributed by atoms with Crippen molar-refractivity contribution in [1.29, 1.82) is 0 Å². The fourth-order valence-corrected chi connectivity index (χ4v) is 3.53. The van der Waals surface area contributed by atoms with Crippen molar-refractivity contribution in [3.05, 3.63) is 64.1 Å². The monoisotopic (exact) mass is 396 g/mol. The van der Waals surface area contributed by atoms with Gasteiger partial charge in [-0.2, -0.15) is 0 Å². The molecule has 0 bridgehead atoms. The van der Waals surface area contributed by atoms with Crippen LogP contribution in [0.25, 0.3) is 6.08 Å². The smallest absolute Gasteiger partial charge is 0.294 e. The van der Waals surface area contributed by atoms with Crippen LogP contribution in [0.3, 0.4) is 0 Å². The average Bonchev–Trinajstić information content (AvgIpc) is 2.92. The van der Waals surface area contributed by atoms with E-state index in [1.165, 1.54) is 0 Å². The minimum Gasteiger partial charge on any atom is -0.496 e. The summed E-state index contributed by atoms with van der Waals surface area (Å²) in [5, 5.41) is 2.23. The van der Waals surface area contributed by atoms with Gasteiger partial charge in [-0.15, -0.1) is 0 Å². The minimum atomic E-state index is -0.478. The Balaban J connectivity index is 1.70. The molecule has 0 radical (unpaired) electrons. The molecule has 144 valence electrons. The molecule has 0 aromatic heterocycles. The Morgan fingerprint density at radius 3 is 2.54 bits per heavy atom. The van der Waals surface area contributed by atoms with Crippen LogP contribution < -0.4 is 10.1 Å². The summed E-state index contributed by atoms with van der Waals surface area (Å²) < 4.78 is 5.28. The summed E-state index contributed by atoms with van der Waals surface area (Å²) in [5.74, 6) is -0.205. The lowest BCUT2D eigenvalue weighted by Crippen LogP contribution is -2.36. The van der Waals surface area contributed by atoms with Crippen molar-refractivity contribution in [2.24, 2.45) is 0 Å². The number of amides is 3. The largest absolute Gasteiger partial charge is 0.496 e. The van der Waals surface area contributed by atoms with Crippen molar-refractivity contribution in [2.75, 3.05) is 19.0 Å². The standard InChI is InChI=1S/C21H20N2O4S/c1-13-4-8-16(9-5-13)22-19(24)12-23-20(25)18(28-21(23)26)11-15-7-6-14(2)17(10-15)27-3/h4-11H,12H2,1-3H3,(H,22,24)/b18-11+. The van der Waals surface area contributed by atoms with E-state index < -0.39 is 17.1 Å². The predicted molar refractivity (Wildman–Crippen MR) is 110 cm³/mol. The first-order valence-electron chi connectivity index (χ1n) is 8.64. The van der Waals surface area contributed by atoms with Crippen molar-refractivity contribution in [3.63, 3.8) is 0 Å². The summed E-state index contributed by atoms with van der Waals surface area (Å²) >= 11 is 0.822. The third kappa shape index (κ3) is 4.43. The lowest BCUT2D eigenvalue weighted by molar-refractivity contribution is -0.127. The molecule has 1 aliphatic heterocycles. The van der Waals surface area contributed by atoms with Gasteiger partial charge >= 0.3 is 0 Å². The summed E-state index contributed by atoms with van der Waals surface area (Å²) in [4.78, 5) is 38.3. The molecule has 0 unspecified atom stereocenters. The zero-order chi connectivity index (χ0) is 20.3. The van der Waals surface area contributed by atoms with Gasteiger partial charge in [0.25, 0.3) is 11.1 Å². The van der Waals surface area contributed by atoms with Crippen LogP contribution in [-0.2, 0) is 9.59 Å². The second kappa shape index (κ2) is 8.31. The number of hydrogen-bond donors (Lipinski definition) is 1. The van der Waals surface area contributed by atoms with Crippen LogP contribution >= 0.6 is 11.8 Å². The Morgan fingerprint density at radius 1 is 1.14 bits per heavy atom. The quantitative estimate of drug-likeness (QED) is 0.774. The number of carbonyl (C=O) groups is 3. The molecule has 2 aromatic carbocycles. The Labute approximate surface area is 167 Å². The number of nitrogens with zero attached hydrogens (tertiary/aromatic N) is 1. The highest BCUT2D eigenvalue weighted by Gasteiger charge is 2.36. The molecule has 0 saturated carbocycles. The second-order valence-electron chi connectivity index (χ2n) is 6.41. The number of imide groups is 1. The molecule has 1 aliphatic rings. The third-order valence-corrected chi connectivity index (χ3v) is 5.15. The van der Waals surface area contributed by atoms with Crippen molar-refractivity contribution in [1.82, 2.24) is 4.90 Å². The Kier molecular flexibility index (Phi) is 5.84. The van der Waals surface area contributed by atoms with Crippen LogP contribution in [0, 0.1) is 13.8 Å². The zero-order valence-corrected chi connectivity index (χ0v) is 16.6. The van der Waals surface area contributed by atoms with E-state index in [2.05, 4.69) is 5.32 Å². The molecule has 1 saturated heterocycles. The van der Waals surface area contributed by atoms with Gasteiger partial charge in [0.05, 0.1) is 12.0 Å². The van der Waals surface area contributed by atoms with Gasteiger partial charge in [0.15, 0.2) is 0 Å². The first kappa shape index (κ1) is 19.7. The van der Waals surface area contributed by atoms with Crippen molar-refractivity contribution in [3.8, 4) is 5.75 Å². The molecule has 0 spiro atoms. The third-order valence-electron chi connectivity index (χ3n) is 4.24. The molecule has 0 atom stereocenters. The number of anilines is 1. The number of aryl methyl sites for hydroxylation is 2. The normalized spacial score (nSPS) is 15.2. The molecule has 2 aromatic rings. The molecule has 0 aliphatic carbocycles. The Bertz CT molecular complexity index is 967. The molecule has 3 rings (SSSR count). The van der Waals surface area contributed by atoms with E-state index in [0.717, 1.165) is 33.4 Å². The van der Waals surface area contributed by atoms with E-state index in [4.69, 9.17) is 4.74 Å². The van der Waals surface area contributed by atoms with Crippen molar-refractivity contribution in [2.45, 2.75) is 13.8 Å². The number of hydrogen-bond acceptors (Lipinski definition) is 5. The lowest BCUT2D eigenvalue weighted by Gasteiger charge is -2.12. The highest BCUT2D eigenvalue weighted by Crippen LogP contribution is 2.33. The molecule has 3 amide bonds. The van der Waals surface area contributed by atoms with Gasteiger partial charge in [-0.05, 0) is 61.0 Å². The van der Waals surface area contributed by atoms with Crippen LogP contribution in [0.15, 0.2) is 47.4 Å². The summed E-state index contributed by atoms with van der Waals surface area (Å²) in [6.07, 6.45) is 1.63. The van der Waals surface area contributed by atoms with E-state index in [9.17, 15) is 14.4 Å². The maximum atomic E-state index is 12.6. The van der Waals surface area contributed by atoms with Gasteiger partial charge < -0.3 is 10.1 Å². The number of rotatable bonds is 5. The van der Waals surface area contributed by atoms with Crippen LogP contribution in [0.1, 0.15) is 16.7 Å². The van der Waals surface area contributed by atoms with Crippen molar-refractivity contribution >= 4 is 40.6 Å². The molecular formula is C21H20N2O4S. The molecule has 1 heterocycles. The number of nitrogens with one attached hydrogen (secondary N) is 1. The topological polar surface area (TPSA) is 75.7 Å². The molecule has 6 nitrogen and oxygen atoms in total. The van der Waals surface area contributed by atoms with Gasteiger partial charge in [0, 0.05) is 5.69 Å². The average molecular weight is 396 g/mol. The maximum absolute atomic E-state index is 12.6. The summed E-state index contributed by atoms with van der Waals surface area (Å²) in [5.41, 5.74) is 3.41.